The Hall–Kier alpha value is 0. The van der Waals surface area contributed by atoms with E-state index < -0.39 is 0 Å². The second-order valence-corrected chi connectivity index (χ2v) is 8.52. The Labute approximate surface area is 130 Å². The maximum atomic E-state index is 2.68. The lowest BCUT2D eigenvalue weighted by Crippen LogP contribution is -2.21. The van der Waals surface area contributed by atoms with Gasteiger partial charge in [-0.2, -0.15) is 0 Å². The third-order valence-electron chi connectivity index (χ3n) is 4.11. The lowest BCUT2D eigenvalue weighted by Gasteiger charge is -2.31. The van der Waals surface area contributed by atoms with Crippen LogP contribution in [0.4, 0.5) is 0 Å². The van der Waals surface area contributed by atoms with Crippen molar-refractivity contribution in [1.82, 2.24) is 0 Å². The standard InChI is InChI=1S/C20H41/c1-15(2)10-9-11-19(12-16(3)4)20(13-17(5)6)14-18(7)8/h11,15-20H,9-10,12-14H2,1-8H3. The molecule has 1 unspecified atom stereocenters. The van der Waals surface area contributed by atoms with E-state index in [2.05, 4.69) is 61.8 Å². The first kappa shape index (κ1) is 20.0. The zero-order valence-electron chi connectivity index (χ0n) is 15.6. The van der Waals surface area contributed by atoms with Crippen molar-refractivity contribution >= 4 is 0 Å². The van der Waals surface area contributed by atoms with Gasteiger partial charge >= 0.3 is 0 Å². The normalized spacial score (nSPS) is 14.2. The lowest BCUT2D eigenvalue weighted by molar-refractivity contribution is 0.230. The Bertz CT molecular complexity index is 202. The number of rotatable bonds is 11. The van der Waals surface area contributed by atoms with Crippen LogP contribution in [0.15, 0.2) is 0 Å². The predicted molar refractivity (Wildman–Crippen MR) is 93.7 cm³/mol. The summed E-state index contributed by atoms with van der Waals surface area (Å²) >= 11 is 0. The highest BCUT2D eigenvalue weighted by Crippen LogP contribution is 2.34. The molecule has 121 valence electrons. The monoisotopic (exact) mass is 281 g/mol. The summed E-state index contributed by atoms with van der Waals surface area (Å²) in [6, 6.07) is 0. The van der Waals surface area contributed by atoms with Gasteiger partial charge in [0.25, 0.3) is 0 Å². The molecule has 20 heavy (non-hydrogen) atoms. The molecule has 1 radical (unpaired) electrons. The summed E-state index contributed by atoms with van der Waals surface area (Å²) in [6.45, 7) is 19.0. The minimum atomic E-state index is 0.817. The molecule has 0 nitrogen and oxygen atoms in total. The van der Waals surface area contributed by atoms with Crippen LogP contribution < -0.4 is 0 Å². The average Bonchev–Trinajstić information content (AvgIpc) is 2.24. The predicted octanol–water partition coefficient (Wildman–Crippen LogP) is 7.00. The van der Waals surface area contributed by atoms with Crippen molar-refractivity contribution in [1.29, 1.82) is 0 Å². The molecule has 0 saturated carbocycles. The largest absolute Gasteiger partial charge is 0.0628 e. The van der Waals surface area contributed by atoms with Gasteiger partial charge in [-0.15, -0.1) is 0 Å². The minimum Gasteiger partial charge on any atom is -0.0628 e. The number of hydrogen-bond acceptors (Lipinski definition) is 0. The molecule has 0 bridgehead atoms. The zero-order chi connectivity index (χ0) is 15.7. The van der Waals surface area contributed by atoms with Gasteiger partial charge < -0.3 is 0 Å². The fraction of sp³-hybridized carbons (Fsp3) is 0.950. The smallest absolute Gasteiger partial charge is 0.0352 e. The van der Waals surface area contributed by atoms with Crippen molar-refractivity contribution in [2.24, 2.45) is 35.5 Å². The Kier molecular flexibility index (Phi) is 10.7. The van der Waals surface area contributed by atoms with Crippen LogP contribution in [0.1, 0.15) is 87.5 Å². The van der Waals surface area contributed by atoms with Crippen molar-refractivity contribution in [3.05, 3.63) is 6.42 Å². The van der Waals surface area contributed by atoms with E-state index in [0.717, 1.165) is 35.5 Å². The van der Waals surface area contributed by atoms with Crippen LogP contribution >= 0.6 is 0 Å². The molecular formula is C20H41. The first-order valence-corrected chi connectivity index (χ1v) is 9.05. The SMILES string of the molecule is CC(C)CC[CH]C(CC(C)C)C(CC(C)C)CC(C)C. The van der Waals surface area contributed by atoms with Crippen LogP contribution in [0.5, 0.6) is 0 Å². The average molecular weight is 282 g/mol. The van der Waals surface area contributed by atoms with Gasteiger partial charge in [0.1, 0.15) is 0 Å². The van der Waals surface area contributed by atoms with E-state index in [1.165, 1.54) is 32.1 Å². The van der Waals surface area contributed by atoms with Crippen molar-refractivity contribution < 1.29 is 0 Å². The van der Waals surface area contributed by atoms with Crippen LogP contribution in [-0.2, 0) is 0 Å². The molecule has 0 fully saturated rings. The van der Waals surface area contributed by atoms with Crippen molar-refractivity contribution in [3.63, 3.8) is 0 Å². The lowest BCUT2D eigenvalue weighted by atomic mass is 9.74. The summed E-state index contributed by atoms with van der Waals surface area (Å²) in [4.78, 5) is 0. The molecule has 0 N–H and O–H groups in total. The Morgan fingerprint density at radius 1 is 0.600 bits per heavy atom. The van der Waals surface area contributed by atoms with Crippen LogP contribution in [0.3, 0.4) is 0 Å². The van der Waals surface area contributed by atoms with E-state index in [0.29, 0.717) is 0 Å². The molecule has 0 aromatic heterocycles. The van der Waals surface area contributed by atoms with Gasteiger partial charge in [0, 0.05) is 0 Å². The Morgan fingerprint density at radius 3 is 1.40 bits per heavy atom. The fourth-order valence-corrected chi connectivity index (χ4v) is 3.33. The van der Waals surface area contributed by atoms with Crippen LogP contribution in [0.25, 0.3) is 0 Å². The molecule has 0 heteroatoms. The molecule has 0 aromatic carbocycles. The molecule has 0 spiro atoms. The summed E-state index contributed by atoms with van der Waals surface area (Å²) in [5.41, 5.74) is 0. The summed E-state index contributed by atoms with van der Waals surface area (Å²) in [5, 5.41) is 0. The van der Waals surface area contributed by atoms with Crippen molar-refractivity contribution in [2.75, 3.05) is 0 Å². The first-order valence-electron chi connectivity index (χ1n) is 9.05. The minimum absolute atomic E-state index is 0.817. The second kappa shape index (κ2) is 10.7. The van der Waals surface area contributed by atoms with Crippen molar-refractivity contribution in [2.45, 2.75) is 87.5 Å². The zero-order valence-corrected chi connectivity index (χ0v) is 15.6. The molecule has 0 heterocycles. The third kappa shape index (κ3) is 10.7. The highest BCUT2D eigenvalue weighted by atomic mass is 14.3. The van der Waals surface area contributed by atoms with Crippen LogP contribution in [-0.4, -0.2) is 0 Å². The van der Waals surface area contributed by atoms with Gasteiger partial charge in [-0.25, -0.2) is 0 Å². The molecule has 0 amide bonds. The van der Waals surface area contributed by atoms with E-state index in [9.17, 15) is 0 Å². The molecule has 0 saturated heterocycles. The summed E-state index contributed by atoms with van der Waals surface area (Å²) < 4.78 is 0. The third-order valence-corrected chi connectivity index (χ3v) is 4.11. The molecule has 1 atom stereocenters. The highest BCUT2D eigenvalue weighted by Gasteiger charge is 2.24. The Balaban J connectivity index is 4.61. The van der Waals surface area contributed by atoms with Gasteiger partial charge in [-0.05, 0) is 67.6 Å². The fourth-order valence-electron chi connectivity index (χ4n) is 3.33. The Morgan fingerprint density at radius 2 is 1.05 bits per heavy atom. The molecule has 0 aromatic rings. The summed E-state index contributed by atoms with van der Waals surface area (Å²) in [6.07, 6.45) is 9.51. The van der Waals surface area contributed by atoms with Crippen molar-refractivity contribution in [3.8, 4) is 0 Å². The van der Waals surface area contributed by atoms with Gasteiger partial charge in [0.05, 0.1) is 0 Å². The number of hydrogen-bond donors (Lipinski definition) is 0. The van der Waals surface area contributed by atoms with E-state index >= 15 is 0 Å². The molecule has 0 rings (SSSR count). The van der Waals surface area contributed by atoms with E-state index in [1.54, 1.807) is 0 Å². The van der Waals surface area contributed by atoms with E-state index in [4.69, 9.17) is 0 Å². The van der Waals surface area contributed by atoms with Gasteiger partial charge in [-0.1, -0.05) is 61.8 Å². The topological polar surface area (TPSA) is 0 Å². The van der Waals surface area contributed by atoms with Gasteiger partial charge in [-0.3, -0.25) is 0 Å². The highest BCUT2D eigenvalue weighted by molar-refractivity contribution is 4.84. The molecule has 0 aliphatic carbocycles. The maximum absolute atomic E-state index is 2.68. The van der Waals surface area contributed by atoms with Crippen LogP contribution in [0, 0.1) is 41.9 Å². The summed E-state index contributed by atoms with van der Waals surface area (Å²) in [5.74, 6) is 5.03. The quantitative estimate of drug-likeness (QED) is 0.382. The second-order valence-electron chi connectivity index (χ2n) is 8.52. The van der Waals surface area contributed by atoms with Crippen LogP contribution in [0.2, 0.25) is 0 Å². The van der Waals surface area contributed by atoms with E-state index in [1.807, 2.05) is 0 Å². The molecule has 0 aliphatic rings. The first-order chi connectivity index (χ1) is 9.22. The maximum Gasteiger partial charge on any atom is -0.0352 e. The van der Waals surface area contributed by atoms with Gasteiger partial charge in [0.15, 0.2) is 0 Å². The molecule has 0 aliphatic heterocycles. The van der Waals surface area contributed by atoms with E-state index in [-0.39, 0.29) is 0 Å². The summed E-state index contributed by atoms with van der Waals surface area (Å²) in [7, 11) is 0. The van der Waals surface area contributed by atoms with Gasteiger partial charge in [0.2, 0.25) is 0 Å². The molecular weight excluding hydrogens is 240 g/mol.